The number of nitrogens with zero attached hydrogens (tertiary/aromatic N) is 1. The van der Waals surface area contributed by atoms with Gasteiger partial charge in [0.15, 0.2) is 0 Å². The summed E-state index contributed by atoms with van der Waals surface area (Å²) >= 11 is 0. The number of aromatic amines is 1. The molecule has 1 aromatic carbocycles. The molecule has 0 aliphatic heterocycles. The third-order valence-corrected chi connectivity index (χ3v) is 2.89. The largest absolute Gasteiger partial charge is 0.496 e. The molecule has 1 heterocycles. The summed E-state index contributed by atoms with van der Waals surface area (Å²) in [6, 6.07) is 3.22. The molecule has 0 saturated carbocycles. The molecule has 0 aliphatic rings. The Morgan fingerprint density at radius 3 is 2.83 bits per heavy atom. The van der Waals surface area contributed by atoms with Crippen molar-refractivity contribution in [3.05, 3.63) is 34.4 Å². The molecule has 2 aromatic rings. The number of carbonyl (C=O) groups is 1. The Balaban J connectivity index is 2.76. The van der Waals surface area contributed by atoms with Crippen LogP contribution in [-0.2, 0) is 4.79 Å². The van der Waals surface area contributed by atoms with Crippen LogP contribution in [0.25, 0.3) is 10.9 Å². The Morgan fingerprint density at radius 1 is 1.50 bits per heavy atom. The number of nitrogens with one attached hydrogen (secondary N) is 1. The van der Waals surface area contributed by atoms with Crippen LogP contribution in [0, 0.1) is 0 Å². The Morgan fingerprint density at radius 2 is 2.22 bits per heavy atom. The van der Waals surface area contributed by atoms with Gasteiger partial charge in [-0.3, -0.25) is 9.59 Å². The lowest BCUT2D eigenvalue weighted by molar-refractivity contribution is -0.119. The maximum atomic E-state index is 11.7. The Hall–Kier alpha value is -2.37. The second kappa shape index (κ2) is 4.48. The highest BCUT2D eigenvalue weighted by molar-refractivity contribution is 5.86. The summed E-state index contributed by atoms with van der Waals surface area (Å²) in [6.07, 6.45) is 1.32. The fraction of sp³-hybridized carbons (Fsp3) is 0.250. The molecule has 0 radical (unpaired) electrons. The van der Waals surface area contributed by atoms with Crippen LogP contribution >= 0.6 is 0 Å². The molecule has 0 fully saturated rings. The molecule has 1 atom stereocenters. The summed E-state index contributed by atoms with van der Waals surface area (Å²) in [5, 5.41) is 0.404. The number of carbonyl (C=O) groups excluding carboxylic acids is 1. The lowest BCUT2D eigenvalue weighted by Crippen LogP contribution is -2.19. The van der Waals surface area contributed by atoms with Crippen LogP contribution in [0.5, 0.6) is 5.75 Å². The zero-order chi connectivity index (χ0) is 13.3. The minimum atomic E-state index is -0.538. The van der Waals surface area contributed by atoms with E-state index in [1.165, 1.54) is 13.4 Å². The van der Waals surface area contributed by atoms with Crippen molar-refractivity contribution >= 4 is 16.8 Å². The van der Waals surface area contributed by atoms with Crippen molar-refractivity contribution in [2.75, 3.05) is 7.11 Å². The van der Waals surface area contributed by atoms with E-state index < -0.39 is 11.8 Å². The summed E-state index contributed by atoms with van der Waals surface area (Å²) in [5.41, 5.74) is 6.10. The predicted octanol–water partition coefficient (Wildman–Crippen LogP) is 0.520. The van der Waals surface area contributed by atoms with Gasteiger partial charge in [0.1, 0.15) is 5.75 Å². The third-order valence-electron chi connectivity index (χ3n) is 2.89. The molecule has 6 nitrogen and oxygen atoms in total. The number of benzene rings is 1. The first-order chi connectivity index (χ1) is 8.54. The Labute approximate surface area is 103 Å². The monoisotopic (exact) mass is 247 g/mol. The van der Waals surface area contributed by atoms with Crippen LogP contribution in [0.4, 0.5) is 0 Å². The Bertz CT molecular complexity index is 663. The molecular formula is C12H13N3O3. The molecule has 0 spiro atoms. The van der Waals surface area contributed by atoms with Crippen LogP contribution in [0.1, 0.15) is 18.4 Å². The first-order valence-corrected chi connectivity index (χ1v) is 5.39. The van der Waals surface area contributed by atoms with Crippen LogP contribution in [0.3, 0.4) is 0 Å². The summed E-state index contributed by atoms with van der Waals surface area (Å²) in [6.45, 7) is 1.66. The first-order valence-electron chi connectivity index (χ1n) is 5.39. The number of amides is 1. The van der Waals surface area contributed by atoms with E-state index in [0.29, 0.717) is 22.2 Å². The van der Waals surface area contributed by atoms with Crippen molar-refractivity contribution in [1.29, 1.82) is 0 Å². The van der Waals surface area contributed by atoms with Crippen molar-refractivity contribution in [3.63, 3.8) is 0 Å². The average molecular weight is 247 g/mol. The Kier molecular flexibility index (Phi) is 3.01. The summed E-state index contributed by atoms with van der Waals surface area (Å²) in [7, 11) is 1.49. The van der Waals surface area contributed by atoms with E-state index in [4.69, 9.17) is 10.5 Å². The lowest BCUT2D eigenvalue weighted by atomic mass is 9.98. The van der Waals surface area contributed by atoms with Gasteiger partial charge in [0.25, 0.3) is 5.56 Å². The smallest absolute Gasteiger partial charge is 0.258 e. The van der Waals surface area contributed by atoms with Gasteiger partial charge < -0.3 is 15.5 Å². The number of fused-ring (bicyclic) bond motifs is 1. The summed E-state index contributed by atoms with van der Waals surface area (Å²) < 4.78 is 5.20. The number of ether oxygens (including phenoxy) is 1. The average Bonchev–Trinajstić information content (AvgIpc) is 2.36. The SMILES string of the molecule is COc1cc2nc[nH]c(=O)c2cc1C(C)C(N)=O. The predicted molar refractivity (Wildman–Crippen MR) is 66.5 cm³/mol. The maximum Gasteiger partial charge on any atom is 0.258 e. The number of H-pyrrole nitrogens is 1. The molecule has 94 valence electrons. The standard InChI is InChI=1S/C12H13N3O3/c1-6(11(13)16)7-3-8-9(4-10(7)18-2)14-5-15-12(8)17/h3-6H,1-2H3,(H2,13,16)(H,14,15,17). The van der Waals surface area contributed by atoms with Gasteiger partial charge in [-0.25, -0.2) is 4.98 Å². The van der Waals surface area contributed by atoms with Gasteiger partial charge in [-0.15, -0.1) is 0 Å². The normalized spacial score (nSPS) is 12.3. The van der Waals surface area contributed by atoms with Gasteiger partial charge in [0, 0.05) is 11.6 Å². The van der Waals surface area contributed by atoms with Crippen molar-refractivity contribution in [2.45, 2.75) is 12.8 Å². The number of aromatic nitrogens is 2. The molecule has 2 rings (SSSR count). The van der Waals surface area contributed by atoms with Crippen LogP contribution in [-0.4, -0.2) is 23.0 Å². The van der Waals surface area contributed by atoms with Crippen molar-refractivity contribution in [3.8, 4) is 5.75 Å². The van der Waals surface area contributed by atoms with E-state index in [-0.39, 0.29) is 5.56 Å². The summed E-state index contributed by atoms with van der Waals surface area (Å²) in [4.78, 5) is 29.5. The second-order valence-corrected chi connectivity index (χ2v) is 3.97. The van der Waals surface area contributed by atoms with Gasteiger partial charge in [-0.2, -0.15) is 0 Å². The van der Waals surface area contributed by atoms with Gasteiger partial charge in [-0.1, -0.05) is 0 Å². The quantitative estimate of drug-likeness (QED) is 0.826. The number of rotatable bonds is 3. The number of primary amides is 1. The van der Waals surface area contributed by atoms with E-state index >= 15 is 0 Å². The first kappa shape index (κ1) is 12.1. The fourth-order valence-corrected chi connectivity index (χ4v) is 1.78. The van der Waals surface area contributed by atoms with Crippen molar-refractivity contribution < 1.29 is 9.53 Å². The fourth-order valence-electron chi connectivity index (χ4n) is 1.78. The lowest BCUT2D eigenvalue weighted by Gasteiger charge is -2.13. The van der Waals surface area contributed by atoms with Gasteiger partial charge in [0.05, 0.1) is 30.3 Å². The highest BCUT2D eigenvalue weighted by Gasteiger charge is 2.18. The van der Waals surface area contributed by atoms with Crippen LogP contribution in [0.2, 0.25) is 0 Å². The molecule has 3 N–H and O–H groups in total. The van der Waals surface area contributed by atoms with Crippen molar-refractivity contribution in [2.24, 2.45) is 5.73 Å². The molecule has 0 saturated heterocycles. The number of hydrogen-bond donors (Lipinski definition) is 2. The van der Waals surface area contributed by atoms with E-state index in [0.717, 1.165) is 0 Å². The highest BCUT2D eigenvalue weighted by atomic mass is 16.5. The van der Waals surface area contributed by atoms with E-state index in [9.17, 15) is 9.59 Å². The van der Waals surface area contributed by atoms with Crippen molar-refractivity contribution in [1.82, 2.24) is 9.97 Å². The summed E-state index contributed by atoms with van der Waals surface area (Å²) in [5.74, 6) is -0.524. The van der Waals surface area contributed by atoms with Gasteiger partial charge in [0.2, 0.25) is 5.91 Å². The topological polar surface area (TPSA) is 98.1 Å². The third kappa shape index (κ3) is 1.92. The number of methoxy groups -OCH3 is 1. The molecule has 1 unspecified atom stereocenters. The maximum absolute atomic E-state index is 11.7. The van der Waals surface area contributed by atoms with E-state index in [1.807, 2.05) is 0 Å². The van der Waals surface area contributed by atoms with Crippen LogP contribution < -0.4 is 16.0 Å². The van der Waals surface area contributed by atoms with Gasteiger partial charge >= 0.3 is 0 Å². The molecule has 0 bridgehead atoms. The zero-order valence-corrected chi connectivity index (χ0v) is 10.1. The second-order valence-electron chi connectivity index (χ2n) is 3.97. The van der Waals surface area contributed by atoms with Gasteiger partial charge in [-0.05, 0) is 13.0 Å². The molecule has 18 heavy (non-hydrogen) atoms. The number of nitrogens with two attached hydrogens (primary N) is 1. The minimum absolute atomic E-state index is 0.263. The minimum Gasteiger partial charge on any atom is -0.496 e. The molecular weight excluding hydrogens is 234 g/mol. The molecule has 1 aromatic heterocycles. The molecule has 6 heteroatoms. The molecule has 0 aliphatic carbocycles. The van der Waals surface area contributed by atoms with E-state index in [2.05, 4.69) is 9.97 Å². The zero-order valence-electron chi connectivity index (χ0n) is 10.1. The highest BCUT2D eigenvalue weighted by Crippen LogP contribution is 2.29. The van der Waals surface area contributed by atoms with Crippen LogP contribution in [0.15, 0.2) is 23.3 Å². The molecule has 1 amide bonds. The van der Waals surface area contributed by atoms with E-state index in [1.54, 1.807) is 19.1 Å². The number of hydrogen-bond acceptors (Lipinski definition) is 4.